The molecular formula is C44H52ClN9O13. The van der Waals surface area contributed by atoms with Crippen LogP contribution in [0.25, 0.3) is 0 Å². The number of imidazole rings is 2. The molecule has 0 aliphatic rings. The fraction of sp³-hybridized carbons (Fsp3) is 0.364. The van der Waals surface area contributed by atoms with Crippen LogP contribution in [0.5, 0.6) is 0 Å². The van der Waals surface area contributed by atoms with Gasteiger partial charge in [-0.25, -0.2) is 14.8 Å². The number of ketones is 3. The minimum atomic E-state index is -0.661. The number of nitro groups is 2. The van der Waals surface area contributed by atoms with Crippen molar-refractivity contribution in [2.24, 2.45) is 21.1 Å². The van der Waals surface area contributed by atoms with Crippen molar-refractivity contribution in [3.63, 3.8) is 0 Å². The SMILES string of the molecule is Cl.Cn1cc(N)nc1C(=O)CCCC(=O)OCc1ccc([N+](=O)[O-])cc1.Cn1cc(NC(=O)OC(C)(C)C)cc1C(=O)Cc1cn(C)c(C(=O)CCCC(=O)OCc2ccc([N+](=O)[O-])cc2)n1. The van der Waals surface area contributed by atoms with E-state index in [1.165, 1.54) is 48.5 Å². The van der Waals surface area contributed by atoms with Crippen molar-refractivity contribution in [2.75, 3.05) is 11.1 Å². The second kappa shape index (κ2) is 24.5. The number of esters is 2. The van der Waals surface area contributed by atoms with Crippen molar-refractivity contribution < 1.29 is 52.8 Å². The zero-order chi connectivity index (χ0) is 48.7. The fourth-order valence-electron chi connectivity index (χ4n) is 6.12. The molecule has 3 aromatic heterocycles. The molecule has 0 fully saturated rings. The van der Waals surface area contributed by atoms with Crippen LogP contribution in [0.2, 0.25) is 0 Å². The first kappa shape index (κ1) is 53.6. The Morgan fingerprint density at radius 2 is 1.13 bits per heavy atom. The van der Waals surface area contributed by atoms with Crippen LogP contribution >= 0.6 is 12.4 Å². The number of nitrogens with two attached hydrogens (primary N) is 1. The minimum absolute atomic E-state index is 0. The zero-order valence-electron chi connectivity index (χ0n) is 37.7. The molecule has 2 aromatic carbocycles. The van der Waals surface area contributed by atoms with E-state index in [9.17, 15) is 49.0 Å². The van der Waals surface area contributed by atoms with Gasteiger partial charge in [0, 0.05) is 89.7 Å². The van der Waals surface area contributed by atoms with Gasteiger partial charge in [-0.1, -0.05) is 0 Å². The number of hydrogen-bond acceptors (Lipinski definition) is 16. The molecule has 0 saturated heterocycles. The van der Waals surface area contributed by atoms with Crippen molar-refractivity contribution in [3.05, 3.63) is 128 Å². The number of carbonyl (C=O) groups is 6. The molecule has 67 heavy (non-hydrogen) atoms. The summed E-state index contributed by atoms with van der Waals surface area (Å²) >= 11 is 0. The number of Topliss-reactive ketones (excluding diaryl/α,β-unsaturated/α-hetero) is 3. The number of halogens is 1. The van der Waals surface area contributed by atoms with Gasteiger partial charge in [0.2, 0.25) is 0 Å². The van der Waals surface area contributed by atoms with Crippen LogP contribution in [-0.2, 0) is 64.6 Å². The molecule has 23 heteroatoms. The van der Waals surface area contributed by atoms with Crippen LogP contribution in [0.1, 0.15) is 108 Å². The normalized spacial score (nSPS) is 10.7. The molecule has 0 bridgehead atoms. The third-order valence-electron chi connectivity index (χ3n) is 9.26. The number of ether oxygens (including phenoxy) is 3. The highest BCUT2D eigenvalue weighted by Crippen LogP contribution is 2.19. The highest BCUT2D eigenvalue weighted by atomic mass is 35.5. The van der Waals surface area contributed by atoms with Crippen LogP contribution in [0.3, 0.4) is 0 Å². The van der Waals surface area contributed by atoms with Crippen LogP contribution in [0.4, 0.5) is 27.7 Å². The summed E-state index contributed by atoms with van der Waals surface area (Å²) in [6.45, 7) is 5.25. The predicted octanol–water partition coefficient (Wildman–Crippen LogP) is 6.96. The number of nitrogens with zero attached hydrogens (tertiary/aromatic N) is 7. The summed E-state index contributed by atoms with van der Waals surface area (Å²) in [6.07, 6.45) is 4.98. The number of nitrogens with one attached hydrogen (secondary N) is 1. The Morgan fingerprint density at radius 1 is 0.672 bits per heavy atom. The van der Waals surface area contributed by atoms with Gasteiger partial charge in [0.05, 0.1) is 33.3 Å². The third-order valence-corrected chi connectivity index (χ3v) is 9.26. The average Bonchev–Trinajstić information content (AvgIpc) is 3.92. The first-order valence-corrected chi connectivity index (χ1v) is 20.4. The molecule has 5 rings (SSSR count). The Hall–Kier alpha value is -7.75. The molecule has 0 saturated carbocycles. The first-order valence-electron chi connectivity index (χ1n) is 20.4. The summed E-state index contributed by atoms with van der Waals surface area (Å²) in [5.41, 5.74) is 7.21. The largest absolute Gasteiger partial charge is 0.461 e. The molecule has 3 heterocycles. The van der Waals surface area contributed by atoms with E-state index < -0.39 is 33.5 Å². The zero-order valence-corrected chi connectivity index (χ0v) is 38.5. The summed E-state index contributed by atoms with van der Waals surface area (Å²) in [6, 6.07) is 13.0. The molecule has 1 amide bonds. The maximum atomic E-state index is 12.9. The molecule has 22 nitrogen and oxygen atoms in total. The predicted molar refractivity (Wildman–Crippen MR) is 244 cm³/mol. The molecule has 0 atom stereocenters. The second-order valence-corrected chi connectivity index (χ2v) is 15.9. The van der Waals surface area contributed by atoms with Gasteiger partial charge in [0.25, 0.3) is 11.4 Å². The van der Waals surface area contributed by atoms with Crippen molar-refractivity contribution >= 4 is 70.7 Å². The van der Waals surface area contributed by atoms with E-state index in [2.05, 4.69) is 15.3 Å². The lowest BCUT2D eigenvalue weighted by molar-refractivity contribution is -0.385. The molecule has 0 unspecified atom stereocenters. The summed E-state index contributed by atoms with van der Waals surface area (Å²) in [7, 11) is 5.00. The number of carbonyl (C=O) groups excluding carboxylic acids is 6. The van der Waals surface area contributed by atoms with Crippen LogP contribution < -0.4 is 11.1 Å². The Kier molecular flexibility index (Phi) is 19.6. The van der Waals surface area contributed by atoms with Crippen molar-refractivity contribution in [1.29, 1.82) is 0 Å². The Morgan fingerprint density at radius 3 is 1.57 bits per heavy atom. The molecule has 0 aliphatic carbocycles. The van der Waals surface area contributed by atoms with Gasteiger partial charge in [-0.15, -0.1) is 12.4 Å². The highest BCUT2D eigenvalue weighted by Gasteiger charge is 2.21. The Bertz CT molecular complexity index is 2580. The van der Waals surface area contributed by atoms with E-state index in [0.717, 1.165) is 0 Å². The number of nitrogen functional groups attached to an aromatic ring is 1. The quantitative estimate of drug-likeness (QED) is 0.0262. The van der Waals surface area contributed by atoms with Gasteiger partial charge in [-0.05, 0) is 75.1 Å². The van der Waals surface area contributed by atoms with E-state index in [1.807, 2.05) is 0 Å². The lowest BCUT2D eigenvalue weighted by atomic mass is 10.1. The van der Waals surface area contributed by atoms with Crippen LogP contribution in [0.15, 0.2) is 73.2 Å². The minimum Gasteiger partial charge on any atom is -0.461 e. The van der Waals surface area contributed by atoms with Gasteiger partial charge in [0.1, 0.15) is 24.6 Å². The van der Waals surface area contributed by atoms with Gasteiger partial charge < -0.3 is 33.6 Å². The number of hydrogen-bond donors (Lipinski definition) is 2. The lowest BCUT2D eigenvalue weighted by Crippen LogP contribution is -2.27. The second-order valence-electron chi connectivity index (χ2n) is 15.9. The first-order chi connectivity index (χ1) is 31.1. The highest BCUT2D eigenvalue weighted by molar-refractivity contribution is 5.98. The fourth-order valence-corrected chi connectivity index (χ4v) is 6.12. The number of aryl methyl sites for hydroxylation is 3. The monoisotopic (exact) mass is 949 g/mol. The Labute approximate surface area is 390 Å². The summed E-state index contributed by atoms with van der Waals surface area (Å²) < 4.78 is 20.2. The molecule has 0 aliphatic heterocycles. The van der Waals surface area contributed by atoms with E-state index in [0.29, 0.717) is 34.6 Å². The Balaban J connectivity index is 0.000000392. The number of nitro benzene ring substituents is 2. The molecular weight excluding hydrogens is 898 g/mol. The summed E-state index contributed by atoms with van der Waals surface area (Å²) in [5.74, 6) is -0.954. The number of aromatic nitrogens is 5. The number of non-ortho nitro benzene ring substituents is 2. The van der Waals surface area contributed by atoms with E-state index in [4.69, 9.17) is 19.9 Å². The number of anilines is 2. The van der Waals surface area contributed by atoms with Crippen LogP contribution in [-0.4, -0.2) is 74.5 Å². The molecule has 0 spiro atoms. The van der Waals surface area contributed by atoms with Gasteiger partial charge in [-0.2, -0.15) is 0 Å². The van der Waals surface area contributed by atoms with Gasteiger partial charge in [0.15, 0.2) is 29.0 Å². The summed E-state index contributed by atoms with van der Waals surface area (Å²) in [5, 5.41) is 23.9. The summed E-state index contributed by atoms with van der Waals surface area (Å²) in [4.78, 5) is 102. The van der Waals surface area contributed by atoms with Gasteiger partial charge in [-0.3, -0.25) is 49.5 Å². The molecule has 358 valence electrons. The number of amides is 1. The van der Waals surface area contributed by atoms with Crippen molar-refractivity contribution in [3.8, 4) is 0 Å². The average molecular weight is 950 g/mol. The van der Waals surface area contributed by atoms with E-state index in [1.54, 1.807) is 80.3 Å². The van der Waals surface area contributed by atoms with Crippen LogP contribution in [0, 0.1) is 20.2 Å². The van der Waals surface area contributed by atoms with E-state index >= 15 is 0 Å². The molecule has 0 radical (unpaired) electrons. The molecule has 5 aromatic rings. The lowest BCUT2D eigenvalue weighted by Gasteiger charge is -2.19. The topological polar surface area (TPSA) is 295 Å². The van der Waals surface area contributed by atoms with Gasteiger partial charge >= 0.3 is 18.0 Å². The standard InChI is InChI=1S/C28H33N5O8.C16H18N4O5.ClH/c1-28(2,3)41-27(37)30-19-13-22(31(4)15-19)24(35)14-20-16-32(5)26(29-20)23(34)7-6-8-25(36)40-17-18-9-11-21(12-10-18)33(38)39;1-19-9-14(17)18-16(19)13(21)3-2-4-15(22)25-10-11-5-7-12(8-6-11)20(23)24;/h9-13,15-16H,6-8,14,17H2,1-5H3,(H,30,37);5-9H,2-4,10,17H2,1H3;1H. The maximum absolute atomic E-state index is 12.9. The van der Waals surface area contributed by atoms with Crippen molar-refractivity contribution in [1.82, 2.24) is 23.7 Å². The van der Waals surface area contributed by atoms with E-state index in [-0.39, 0.29) is 110 Å². The smallest absolute Gasteiger partial charge is 0.412 e. The molecule has 3 N–H and O–H groups in total. The maximum Gasteiger partial charge on any atom is 0.412 e. The van der Waals surface area contributed by atoms with Crippen molar-refractivity contribution in [2.45, 2.75) is 84.5 Å². The number of benzene rings is 2. The number of rotatable bonds is 20. The third kappa shape index (κ3) is 17.3.